The summed E-state index contributed by atoms with van der Waals surface area (Å²) in [5, 5.41) is 19.9. The van der Waals surface area contributed by atoms with Crippen molar-refractivity contribution in [3.63, 3.8) is 0 Å². The van der Waals surface area contributed by atoms with Gasteiger partial charge >= 0.3 is 0 Å². The summed E-state index contributed by atoms with van der Waals surface area (Å²) in [6.07, 6.45) is 0. The van der Waals surface area contributed by atoms with Gasteiger partial charge in [-0.2, -0.15) is 0 Å². The van der Waals surface area contributed by atoms with E-state index in [4.69, 9.17) is 4.42 Å². The molecule has 0 amide bonds. The van der Waals surface area contributed by atoms with Gasteiger partial charge in [0, 0.05) is 28.2 Å². The van der Waals surface area contributed by atoms with Crippen LogP contribution in [0.4, 0.5) is 5.69 Å². The fourth-order valence-electron chi connectivity index (χ4n) is 2.45. The first-order chi connectivity index (χ1) is 12.4. The lowest BCUT2D eigenvalue weighted by atomic mass is 10.2. The Kier molecular flexibility index (Phi) is 3.85. The molecule has 0 N–H and O–H groups in total. The molecule has 0 unspecified atom stereocenters. The van der Waals surface area contributed by atoms with Crippen LogP contribution >= 0.6 is 11.8 Å². The van der Waals surface area contributed by atoms with E-state index >= 15 is 0 Å². The highest BCUT2D eigenvalue weighted by molar-refractivity contribution is 8.09. The summed E-state index contributed by atoms with van der Waals surface area (Å²) in [4.78, 5) is 10.9. The van der Waals surface area contributed by atoms with Crippen molar-refractivity contribution in [1.29, 1.82) is 0 Å². The van der Waals surface area contributed by atoms with Crippen LogP contribution < -0.4 is 0 Å². The lowest BCUT2D eigenvalue weighted by molar-refractivity contribution is -0.384. The van der Waals surface area contributed by atoms with E-state index in [0.717, 1.165) is 11.8 Å². The number of sulfone groups is 1. The highest BCUT2D eigenvalue weighted by Gasteiger charge is 2.28. The van der Waals surface area contributed by atoms with Crippen molar-refractivity contribution < 1.29 is 17.8 Å². The van der Waals surface area contributed by atoms with Gasteiger partial charge < -0.3 is 4.42 Å². The van der Waals surface area contributed by atoms with Gasteiger partial charge in [0.05, 0.1) is 15.2 Å². The first kappa shape index (κ1) is 16.5. The molecule has 8 nitrogen and oxygen atoms in total. The summed E-state index contributed by atoms with van der Waals surface area (Å²) in [6, 6.07) is 12.4. The average molecular weight is 387 g/mol. The number of nitrogens with zero attached hydrogens (tertiary/aromatic N) is 3. The zero-order valence-corrected chi connectivity index (χ0v) is 14.5. The number of benzene rings is 2. The maximum Gasteiger partial charge on any atom is 0.281 e. The second kappa shape index (κ2) is 6.07. The molecule has 2 heterocycles. The van der Waals surface area contributed by atoms with E-state index in [2.05, 4.69) is 10.2 Å². The molecule has 0 radical (unpaired) electrons. The van der Waals surface area contributed by atoms with Crippen LogP contribution in [0.3, 0.4) is 0 Å². The standard InChI is InChI=1S/C16H9N3O5S2/c20-19(21)11-7-5-10(6-8-11)15-17-18-16(24-15)25-13-9-26(22,23)14-4-2-1-3-12(13)14/h1-9H. The molecule has 4 rings (SSSR count). The largest absolute Gasteiger partial charge is 0.411 e. The molecule has 26 heavy (non-hydrogen) atoms. The van der Waals surface area contributed by atoms with Crippen LogP contribution in [0.2, 0.25) is 0 Å². The minimum absolute atomic E-state index is 0.0409. The summed E-state index contributed by atoms with van der Waals surface area (Å²) < 4.78 is 29.9. The first-order valence-corrected chi connectivity index (χ1v) is 9.63. The van der Waals surface area contributed by atoms with Crippen molar-refractivity contribution >= 4 is 32.2 Å². The Hall–Kier alpha value is -2.98. The molecule has 0 saturated heterocycles. The fraction of sp³-hybridized carbons (Fsp3) is 0. The predicted molar refractivity (Wildman–Crippen MR) is 93.9 cm³/mol. The van der Waals surface area contributed by atoms with Gasteiger partial charge in [-0.15, -0.1) is 10.2 Å². The molecule has 1 aliphatic heterocycles. The Morgan fingerprint density at radius 2 is 1.77 bits per heavy atom. The quantitative estimate of drug-likeness (QED) is 0.493. The number of aromatic nitrogens is 2. The number of fused-ring (bicyclic) bond motifs is 1. The van der Waals surface area contributed by atoms with Crippen molar-refractivity contribution in [2.45, 2.75) is 10.1 Å². The smallest absolute Gasteiger partial charge is 0.281 e. The second-order valence-corrected chi connectivity index (χ2v) is 8.06. The molecule has 0 fully saturated rings. The summed E-state index contributed by atoms with van der Waals surface area (Å²) in [6.45, 7) is 0. The SMILES string of the molecule is O=[N+]([O-])c1ccc(-c2nnc(SC3=CS(=O)(=O)c4ccccc43)o2)cc1. The Balaban J connectivity index is 1.61. The van der Waals surface area contributed by atoms with Crippen LogP contribution in [0.25, 0.3) is 16.4 Å². The van der Waals surface area contributed by atoms with Gasteiger partial charge in [0.25, 0.3) is 10.9 Å². The third-order valence-electron chi connectivity index (χ3n) is 3.65. The van der Waals surface area contributed by atoms with Gasteiger partial charge in [-0.25, -0.2) is 8.42 Å². The number of hydrogen-bond acceptors (Lipinski definition) is 8. The molecule has 0 bridgehead atoms. The Bertz CT molecular complexity index is 1150. The Morgan fingerprint density at radius 3 is 2.50 bits per heavy atom. The highest BCUT2D eigenvalue weighted by atomic mass is 32.2. The minimum Gasteiger partial charge on any atom is -0.411 e. The third kappa shape index (κ3) is 2.89. The molecule has 1 aromatic heterocycles. The Morgan fingerprint density at radius 1 is 1.04 bits per heavy atom. The molecule has 0 aliphatic carbocycles. The average Bonchev–Trinajstić information content (AvgIpc) is 3.19. The van der Waals surface area contributed by atoms with E-state index in [1.165, 1.54) is 29.7 Å². The molecular formula is C16H9N3O5S2. The van der Waals surface area contributed by atoms with Crippen LogP contribution in [0.15, 0.2) is 68.5 Å². The van der Waals surface area contributed by atoms with Crippen LogP contribution in [-0.4, -0.2) is 23.5 Å². The molecule has 0 saturated carbocycles. The Labute approximate surface area is 151 Å². The van der Waals surface area contributed by atoms with Crippen molar-refractivity contribution in [2.75, 3.05) is 0 Å². The van der Waals surface area contributed by atoms with E-state index in [1.54, 1.807) is 24.3 Å². The lowest BCUT2D eigenvalue weighted by Crippen LogP contribution is -1.91. The van der Waals surface area contributed by atoms with E-state index in [1.807, 2.05) is 0 Å². The zero-order chi connectivity index (χ0) is 18.3. The summed E-state index contributed by atoms with van der Waals surface area (Å²) in [5.74, 6) is 0.192. The summed E-state index contributed by atoms with van der Waals surface area (Å²) in [7, 11) is -3.47. The number of non-ortho nitro benzene ring substituents is 1. The molecule has 0 spiro atoms. The predicted octanol–water partition coefficient (Wildman–Crippen LogP) is 3.52. The summed E-state index contributed by atoms with van der Waals surface area (Å²) >= 11 is 1.05. The van der Waals surface area contributed by atoms with E-state index in [0.29, 0.717) is 16.0 Å². The topological polar surface area (TPSA) is 116 Å². The van der Waals surface area contributed by atoms with Crippen molar-refractivity contribution in [1.82, 2.24) is 10.2 Å². The van der Waals surface area contributed by atoms with Crippen LogP contribution in [0.1, 0.15) is 5.56 Å². The minimum atomic E-state index is -3.47. The normalized spacial score (nSPS) is 14.7. The number of nitro benzene ring substituents is 1. The molecule has 1 aliphatic rings. The van der Waals surface area contributed by atoms with Crippen LogP contribution in [0.5, 0.6) is 0 Å². The zero-order valence-electron chi connectivity index (χ0n) is 12.9. The van der Waals surface area contributed by atoms with Gasteiger partial charge in [0.2, 0.25) is 15.7 Å². The first-order valence-electron chi connectivity index (χ1n) is 7.26. The van der Waals surface area contributed by atoms with Crippen molar-refractivity contribution in [2.24, 2.45) is 0 Å². The molecule has 10 heteroatoms. The molecular weight excluding hydrogens is 378 g/mol. The molecule has 130 valence electrons. The monoisotopic (exact) mass is 387 g/mol. The second-order valence-electron chi connectivity index (χ2n) is 5.30. The third-order valence-corrected chi connectivity index (χ3v) is 6.21. The van der Waals surface area contributed by atoms with Crippen molar-refractivity contribution in [3.8, 4) is 11.5 Å². The van der Waals surface area contributed by atoms with Gasteiger partial charge in [0.15, 0.2) is 0 Å². The number of nitro groups is 1. The van der Waals surface area contributed by atoms with Gasteiger partial charge in [-0.05, 0) is 30.0 Å². The fourth-order valence-corrected chi connectivity index (χ4v) is 5.06. The van der Waals surface area contributed by atoms with E-state index in [-0.39, 0.29) is 21.7 Å². The van der Waals surface area contributed by atoms with Crippen LogP contribution in [-0.2, 0) is 9.84 Å². The van der Waals surface area contributed by atoms with Crippen molar-refractivity contribution in [3.05, 3.63) is 69.6 Å². The molecule has 0 atom stereocenters. The highest BCUT2D eigenvalue weighted by Crippen LogP contribution is 2.43. The van der Waals surface area contributed by atoms with Gasteiger partial charge in [-0.1, -0.05) is 18.2 Å². The van der Waals surface area contributed by atoms with E-state index < -0.39 is 14.8 Å². The van der Waals surface area contributed by atoms with Gasteiger partial charge in [-0.3, -0.25) is 10.1 Å². The molecule has 3 aromatic rings. The maximum atomic E-state index is 12.2. The maximum absolute atomic E-state index is 12.2. The van der Waals surface area contributed by atoms with E-state index in [9.17, 15) is 18.5 Å². The van der Waals surface area contributed by atoms with Gasteiger partial charge in [0.1, 0.15) is 0 Å². The number of hydrogen-bond donors (Lipinski definition) is 0. The lowest BCUT2D eigenvalue weighted by Gasteiger charge is -2.00. The molecule has 2 aromatic carbocycles. The van der Waals surface area contributed by atoms with Crippen LogP contribution in [0, 0.1) is 10.1 Å². The summed E-state index contributed by atoms with van der Waals surface area (Å²) in [5.41, 5.74) is 1.08. The number of thioether (sulfide) groups is 1. The number of rotatable bonds is 4.